The third kappa shape index (κ3) is 5.79. The van der Waals surface area contributed by atoms with Crippen LogP contribution in [-0.4, -0.2) is 34.5 Å². The van der Waals surface area contributed by atoms with Crippen molar-refractivity contribution in [1.29, 1.82) is 0 Å². The quantitative estimate of drug-likeness (QED) is 0.355. The van der Waals surface area contributed by atoms with E-state index in [4.69, 9.17) is 17.0 Å². The Labute approximate surface area is 200 Å². The second-order valence-corrected chi connectivity index (χ2v) is 8.32. The van der Waals surface area contributed by atoms with E-state index in [1.165, 1.54) is 12.4 Å². The van der Waals surface area contributed by atoms with Gasteiger partial charge < -0.3 is 15.4 Å². The van der Waals surface area contributed by atoms with Crippen LogP contribution in [0.4, 0.5) is 10.7 Å². The summed E-state index contributed by atoms with van der Waals surface area (Å²) in [6, 6.07) is 10.5. The van der Waals surface area contributed by atoms with Gasteiger partial charge in [-0.1, -0.05) is 18.2 Å². The maximum atomic E-state index is 13.0. The fraction of sp³-hybridized carbons (Fsp3) is 0.174. The van der Waals surface area contributed by atoms with E-state index < -0.39 is 11.9 Å². The van der Waals surface area contributed by atoms with E-state index in [0.717, 1.165) is 16.9 Å². The van der Waals surface area contributed by atoms with Gasteiger partial charge in [0.15, 0.2) is 5.11 Å². The molecule has 1 aromatic carbocycles. The van der Waals surface area contributed by atoms with Gasteiger partial charge in [0.25, 0.3) is 11.8 Å². The first-order valence-corrected chi connectivity index (χ1v) is 11.2. The fourth-order valence-electron chi connectivity index (χ4n) is 2.97. The predicted octanol–water partition coefficient (Wildman–Crippen LogP) is 4.32. The molecule has 3 aromatic rings. The highest BCUT2D eigenvalue weighted by Crippen LogP contribution is 2.34. The molecule has 0 saturated heterocycles. The number of pyridine rings is 1. The van der Waals surface area contributed by atoms with Gasteiger partial charge in [-0.25, -0.2) is 4.79 Å². The normalized spacial score (nSPS) is 10.3. The molecule has 33 heavy (non-hydrogen) atoms. The number of hydrogen-bond acceptors (Lipinski definition) is 7. The van der Waals surface area contributed by atoms with Gasteiger partial charge in [-0.2, -0.15) is 0 Å². The maximum absolute atomic E-state index is 13.0. The van der Waals surface area contributed by atoms with Gasteiger partial charge in [0, 0.05) is 23.6 Å². The third-order valence-corrected chi connectivity index (χ3v) is 6.03. The van der Waals surface area contributed by atoms with E-state index in [9.17, 15) is 14.4 Å². The topological polar surface area (TPSA) is 109 Å². The largest absolute Gasteiger partial charge is 0.462 e. The molecule has 0 aliphatic heterocycles. The molecule has 170 valence electrons. The second-order valence-electron chi connectivity index (χ2n) is 6.89. The minimum atomic E-state index is -0.591. The number of amides is 2. The molecule has 0 radical (unpaired) electrons. The summed E-state index contributed by atoms with van der Waals surface area (Å²) < 4.78 is 5.17. The number of carbonyl (C=O) groups is 3. The number of hydrogen-bond donors (Lipinski definition) is 3. The molecular weight excluding hydrogens is 460 g/mol. The van der Waals surface area contributed by atoms with Gasteiger partial charge in [-0.15, -0.1) is 11.3 Å². The van der Waals surface area contributed by atoms with E-state index in [0.29, 0.717) is 26.7 Å². The summed E-state index contributed by atoms with van der Waals surface area (Å²) in [6.07, 6.45) is 2.98. The highest BCUT2D eigenvalue weighted by Gasteiger charge is 2.26. The minimum absolute atomic E-state index is 0.0190. The van der Waals surface area contributed by atoms with Crippen molar-refractivity contribution in [3.8, 4) is 0 Å². The molecule has 10 heteroatoms. The highest BCUT2D eigenvalue weighted by atomic mass is 32.1. The van der Waals surface area contributed by atoms with Crippen LogP contribution in [0.5, 0.6) is 0 Å². The Kier molecular flexibility index (Phi) is 7.86. The first-order chi connectivity index (χ1) is 15.8. The molecule has 3 rings (SSSR count). The van der Waals surface area contributed by atoms with Gasteiger partial charge >= 0.3 is 5.97 Å². The van der Waals surface area contributed by atoms with Crippen LogP contribution < -0.4 is 16.0 Å². The molecule has 2 heterocycles. The Hall–Kier alpha value is -3.63. The zero-order valence-electron chi connectivity index (χ0n) is 18.2. The SMILES string of the molecule is CCOC(=O)c1c(NC(=S)NC(=O)c2ccncc2)sc(C(=O)Nc2ccccc2C)c1C. The van der Waals surface area contributed by atoms with Crippen LogP contribution in [0, 0.1) is 13.8 Å². The summed E-state index contributed by atoms with van der Waals surface area (Å²) in [5.74, 6) is -1.39. The molecule has 0 spiro atoms. The molecule has 0 unspecified atom stereocenters. The van der Waals surface area contributed by atoms with Crippen molar-refractivity contribution in [2.75, 3.05) is 17.2 Å². The van der Waals surface area contributed by atoms with Crippen LogP contribution in [0.2, 0.25) is 0 Å². The molecular formula is C23H22N4O4S2. The standard InChI is InChI=1S/C23H22N4O4S2/c1-4-31-22(30)17-14(3)18(20(29)25-16-8-6-5-7-13(16)2)33-21(17)27-23(32)26-19(28)15-9-11-24-12-10-15/h5-12H,4H2,1-3H3,(H,25,29)(H2,26,27,28,32). The number of anilines is 2. The molecule has 0 atom stereocenters. The molecule has 0 fully saturated rings. The molecule has 2 aromatic heterocycles. The summed E-state index contributed by atoms with van der Waals surface area (Å²) in [7, 11) is 0. The summed E-state index contributed by atoms with van der Waals surface area (Å²) in [5.41, 5.74) is 2.60. The van der Waals surface area contributed by atoms with E-state index in [1.807, 2.05) is 25.1 Å². The lowest BCUT2D eigenvalue weighted by molar-refractivity contribution is 0.0527. The predicted molar refractivity (Wildman–Crippen MR) is 132 cm³/mol. The van der Waals surface area contributed by atoms with Crippen molar-refractivity contribution in [2.45, 2.75) is 20.8 Å². The number of para-hydroxylation sites is 1. The van der Waals surface area contributed by atoms with E-state index in [-0.39, 0.29) is 23.2 Å². The summed E-state index contributed by atoms with van der Waals surface area (Å²) in [4.78, 5) is 42.2. The summed E-state index contributed by atoms with van der Waals surface area (Å²) >= 11 is 6.31. The van der Waals surface area contributed by atoms with Gasteiger partial charge in [-0.3, -0.25) is 19.9 Å². The van der Waals surface area contributed by atoms with Gasteiger partial charge in [0.2, 0.25) is 0 Å². The van der Waals surface area contributed by atoms with Crippen LogP contribution >= 0.6 is 23.6 Å². The van der Waals surface area contributed by atoms with E-state index in [1.54, 1.807) is 32.0 Å². The van der Waals surface area contributed by atoms with Crippen molar-refractivity contribution < 1.29 is 19.1 Å². The maximum Gasteiger partial charge on any atom is 0.341 e. The Balaban J connectivity index is 1.86. The van der Waals surface area contributed by atoms with Crippen LogP contribution in [0.25, 0.3) is 0 Å². The number of ether oxygens (including phenoxy) is 1. The van der Waals surface area contributed by atoms with Crippen LogP contribution in [0.3, 0.4) is 0 Å². The first kappa shape index (κ1) is 24.0. The lowest BCUT2D eigenvalue weighted by Crippen LogP contribution is -2.34. The number of thiocarbonyl (C=S) groups is 1. The second kappa shape index (κ2) is 10.8. The lowest BCUT2D eigenvalue weighted by atomic mass is 10.1. The first-order valence-electron chi connectivity index (χ1n) is 10.0. The summed E-state index contributed by atoms with van der Waals surface area (Å²) in [6.45, 7) is 5.41. The summed E-state index contributed by atoms with van der Waals surface area (Å²) in [5, 5.41) is 8.58. The monoisotopic (exact) mass is 482 g/mol. The highest BCUT2D eigenvalue weighted by molar-refractivity contribution is 7.80. The van der Waals surface area contributed by atoms with E-state index >= 15 is 0 Å². The number of rotatable bonds is 6. The van der Waals surface area contributed by atoms with Crippen LogP contribution in [0.15, 0.2) is 48.8 Å². The zero-order chi connectivity index (χ0) is 24.0. The molecule has 3 N–H and O–H groups in total. The van der Waals surface area contributed by atoms with Crippen molar-refractivity contribution in [2.24, 2.45) is 0 Å². The average molecular weight is 483 g/mol. The Morgan fingerprint density at radius 3 is 2.39 bits per heavy atom. The number of thiophene rings is 1. The Morgan fingerprint density at radius 2 is 1.73 bits per heavy atom. The van der Waals surface area contributed by atoms with Gasteiger partial charge in [-0.05, 0) is 62.3 Å². The van der Waals surface area contributed by atoms with E-state index in [2.05, 4.69) is 20.9 Å². The molecule has 0 bridgehead atoms. The third-order valence-electron chi connectivity index (χ3n) is 4.62. The minimum Gasteiger partial charge on any atom is -0.462 e. The van der Waals surface area contributed by atoms with Gasteiger partial charge in [0.05, 0.1) is 17.0 Å². The number of nitrogens with zero attached hydrogens (tertiary/aromatic N) is 1. The smallest absolute Gasteiger partial charge is 0.341 e. The number of aromatic nitrogens is 1. The number of carbonyl (C=O) groups excluding carboxylic acids is 3. The number of esters is 1. The van der Waals surface area contributed by atoms with Crippen molar-refractivity contribution in [3.63, 3.8) is 0 Å². The van der Waals surface area contributed by atoms with Crippen molar-refractivity contribution in [3.05, 3.63) is 75.9 Å². The molecule has 2 amide bonds. The Morgan fingerprint density at radius 1 is 1.03 bits per heavy atom. The number of aryl methyl sites for hydroxylation is 1. The van der Waals surface area contributed by atoms with Crippen molar-refractivity contribution >= 4 is 57.1 Å². The number of benzene rings is 1. The molecule has 0 saturated carbocycles. The average Bonchev–Trinajstić information content (AvgIpc) is 3.11. The zero-order valence-corrected chi connectivity index (χ0v) is 19.9. The Bertz CT molecular complexity index is 1210. The number of nitrogens with one attached hydrogen (secondary N) is 3. The van der Waals surface area contributed by atoms with Crippen LogP contribution in [0.1, 0.15) is 48.4 Å². The lowest BCUT2D eigenvalue weighted by Gasteiger charge is -2.10. The van der Waals surface area contributed by atoms with Crippen LogP contribution in [-0.2, 0) is 4.74 Å². The fourth-order valence-corrected chi connectivity index (χ4v) is 4.33. The van der Waals surface area contributed by atoms with Gasteiger partial charge in [0.1, 0.15) is 5.00 Å². The molecule has 0 aliphatic carbocycles. The molecule has 8 nitrogen and oxygen atoms in total. The molecule has 0 aliphatic rings. The van der Waals surface area contributed by atoms with Crippen molar-refractivity contribution in [1.82, 2.24) is 10.3 Å².